The Balaban J connectivity index is 0. The van der Waals surface area contributed by atoms with Crippen LogP contribution in [-0.4, -0.2) is 17.8 Å². The smallest absolute Gasteiger partial charge is 0.340 e. The van der Waals surface area contributed by atoms with Crippen molar-refractivity contribution in [1.82, 2.24) is 0 Å². The van der Waals surface area contributed by atoms with Crippen LogP contribution < -0.4 is 0 Å². The average molecular weight is 228 g/mol. The second kappa shape index (κ2) is 6.50. The molecule has 0 spiro atoms. The van der Waals surface area contributed by atoms with Crippen molar-refractivity contribution in [3.63, 3.8) is 0 Å². The van der Waals surface area contributed by atoms with Gasteiger partial charge in [-0.1, -0.05) is 6.58 Å². The van der Waals surface area contributed by atoms with Crippen molar-refractivity contribution in [3.05, 3.63) is 12.2 Å². The van der Waals surface area contributed by atoms with Gasteiger partial charge in [-0.15, -0.1) is 11.6 Å². The van der Waals surface area contributed by atoms with Gasteiger partial charge in [0.15, 0.2) is 0 Å². The fourth-order valence-corrected chi connectivity index (χ4v) is 0.272. The Hall–Kier alpha value is -0.207. The maximum atomic E-state index is 10.5. The predicted octanol–water partition coefficient (Wildman–Crippen LogP) is 0.869. The zero-order valence-electron chi connectivity index (χ0n) is 6.22. The van der Waals surface area contributed by atoms with Crippen LogP contribution in [0.4, 0.5) is 0 Å². The molecule has 3 nitrogen and oxygen atoms in total. The van der Waals surface area contributed by atoms with Crippen molar-refractivity contribution in [2.75, 3.05) is 5.88 Å². The first-order valence-corrected chi connectivity index (χ1v) is 3.08. The van der Waals surface area contributed by atoms with Crippen molar-refractivity contribution >= 4 is 23.5 Å². The first kappa shape index (κ1) is 13.4. The number of ether oxygens (including phenoxy) is 1. The van der Waals surface area contributed by atoms with Crippen LogP contribution in [0.2, 0.25) is 0 Å². The maximum Gasteiger partial charge on any atom is 0.340 e. The SMILES string of the molecule is C=C(C)C(=O)OC(=O)CCl.[Zn]. The fourth-order valence-electron chi connectivity index (χ4n) is 0.218. The Labute approximate surface area is 82.5 Å². The predicted molar refractivity (Wildman–Crippen MR) is 36.6 cm³/mol. The van der Waals surface area contributed by atoms with E-state index in [0.717, 1.165) is 0 Å². The van der Waals surface area contributed by atoms with Gasteiger partial charge < -0.3 is 4.74 Å². The Morgan fingerprint density at radius 2 is 2.00 bits per heavy atom. The van der Waals surface area contributed by atoms with E-state index in [1.54, 1.807) is 0 Å². The Kier molecular flexibility index (Phi) is 7.91. The first-order valence-electron chi connectivity index (χ1n) is 2.54. The van der Waals surface area contributed by atoms with Crippen LogP contribution in [0.25, 0.3) is 0 Å². The molecule has 0 rings (SSSR count). The number of carbonyl (C=O) groups excluding carboxylic acids is 2. The van der Waals surface area contributed by atoms with E-state index in [9.17, 15) is 9.59 Å². The molecule has 0 aromatic carbocycles. The molecule has 0 aliphatic rings. The molecule has 0 atom stereocenters. The van der Waals surface area contributed by atoms with E-state index < -0.39 is 11.9 Å². The number of hydrogen-bond donors (Lipinski definition) is 0. The minimum Gasteiger partial charge on any atom is -0.389 e. The molecule has 0 aromatic heterocycles. The van der Waals surface area contributed by atoms with E-state index in [4.69, 9.17) is 11.6 Å². The molecule has 0 radical (unpaired) electrons. The molecule has 0 amide bonds. The molecule has 0 N–H and O–H groups in total. The molecule has 0 unspecified atom stereocenters. The quantitative estimate of drug-likeness (QED) is 0.231. The zero-order chi connectivity index (χ0) is 8.15. The zero-order valence-corrected chi connectivity index (χ0v) is 9.95. The normalized spacial score (nSPS) is 7.82. The standard InChI is InChI=1S/C6H7ClO3.Zn/c1-4(2)6(9)10-5(8)3-7;/h1,3H2,2H3;. The summed E-state index contributed by atoms with van der Waals surface area (Å²) in [5.74, 6) is -1.81. The molecule has 0 saturated heterocycles. The third-order valence-electron chi connectivity index (χ3n) is 0.664. The van der Waals surface area contributed by atoms with E-state index >= 15 is 0 Å². The summed E-state index contributed by atoms with van der Waals surface area (Å²) in [6.45, 7) is 4.72. The topological polar surface area (TPSA) is 43.4 Å². The van der Waals surface area contributed by atoms with Crippen molar-refractivity contribution < 1.29 is 33.8 Å². The van der Waals surface area contributed by atoms with E-state index in [-0.39, 0.29) is 30.9 Å². The molecule has 58 valence electrons. The maximum absolute atomic E-state index is 10.5. The van der Waals surface area contributed by atoms with Crippen molar-refractivity contribution in [2.45, 2.75) is 6.92 Å². The second-order valence-electron chi connectivity index (χ2n) is 1.68. The van der Waals surface area contributed by atoms with Gasteiger partial charge in [0.1, 0.15) is 5.88 Å². The largest absolute Gasteiger partial charge is 0.389 e. The van der Waals surface area contributed by atoms with Gasteiger partial charge in [0.2, 0.25) is 0 Å². The number of esters is 2. The minimum absolute atomic E-state index is 0. The molecule has 5 heteroatoms. The molecule has 11 heavy (non-hydrogen) atoms. The summed E-state index contributed by atoms with van der Waals surface area (Å²) in [6, 6.07) is 0. The van der Waals surface area contributed by atoms with E-state index in [2.05, 4.69) is 11.3 Å². The van der Waals surface area contributed by atoms with Crippen LogP contribution in [-0.2, 0) is 33.8 Å². The third kappa shape index (κ3) is 6.20. The van der Waals surface area contributed by atoms with Crippen LogP contribution in [0, 0.1) is 0 Å². The monoisotopic (exact) mass is 226 g/mol. The number of rotatable bonds is 2. The van der Waals surface area contributed by atoms with Crippen LogP contribution >= 0.6 is 11.6 Å². The van der Waals surface area contributed by atoms with Crippen molar-refractivity contribution in [1.29, 1.82) is 0 Å². The van der Waals surface area contributed by atoms with E-state index in [0.29, 0.717) is 0 Å². The summed E-state index contributed by atoms with van der Waals surface area (Å²) in [5, 5.41) is 0. The van der Waals surface area contributed by atoms with Gasteiger partial charge in [-0.2, -0.15) is 0 Å². The molecule has 0 aliphatic heterocycles. The summed E-state index contributed by atoms with van der Waals surface area (Å²) in [5.41, 5.74) is 0.179. The number of halogens is 1. The molecule has 0 bridgehead atoms. The molecule has 0 fully saturated rings. The van der Waals surface area contributed by atoms with Gasteiger partial charge >= 0.3 is 11.9 Å². The van der Waals surface area contributed by atoms with E-state index in [1.165, 1.54) is 6.92 Å². The third-order valence-corrected chi connectivity index (χ3v) is 0.882. The summed E-state index contributed by atoms with van der Waals surface area (Å²) in [7, 11) is 0. The van der Waals surface area contributed by atoms with Crippen LogP contribution in [0.15, 0.2) is 12.2 Å². The van der Waals surface area contributed by atoms with E-state index in [1.807, 2.05) is 0 Å². The fraction of sp³-hybridized carbons (Fsp3) is 0.333. The van der Waals surface area contributed by atoms with Crippen molar-refractivity contribution in [2.24, 2.45) is 0 Å². The van der Waals surface area contributed by atoms with Gasteiger partial charge in [0.25, 0.3) is 0 Å². The average Bonchev–Trinajstić information content (AvgIpc) is 1.87. The minimum atomic E-state index is -0.755. The number of hydrogen-bond acceptors (Lipinski definition) is 3. The van der Waals surface area contributed by atoms with Crippen molar-refractivity contribution in [3.8, 4) is 0 Å². The summed E-state index contributed by atoms with van der Waals surface area (Å²) >= 11 is 5.04. The number of alkyl halides is 1. The molecule has 0 saturated carbocycles. The first-order chi connectivity index (χ1) is 4.57. The summed E-state index contributed by atoms with van der Waals surface area (Å²) in [6.07, 6.45) is 0. The molecule has 0 aromatic rings. The van der Waals surface area contributed by atoms with Gasteiger partial charge in [0.05, 0.1) is 0 Å². The second-order valence-corrected chi connectivity index (χ2v) is 1.94. The number of carbonyl (C=O) groups is 2. The van der Waals surface area contributed by atoms with Crippen LogP contribution in [0.1, 0.15) is 6.92 Å². The van der Waals surface area contributed by atoms with Crippen LogP contribution in [0.3, 0.4) is 0 Å². The molecule has 0 aliphatic carbocycles. The molecule has 0 heterocycles. The van der Waals surface area contributed by atoms with Gasteiger partial charge in [-0.3, -0.25) is 4.79 Å². The van der Waals surface area contributed by atoms with Gasteiger partial charge in [-0.25, -0.2) is 4.79 Å². The summed E-state index contributed by atoms with van der Waals surface area (Å²) in [4.78, 5) is 20.8. The molecular weight excluding hydrogens is 221 g/mol. The van der Waals surface area contributed by atoms with Gasteiger partial charge in [-0.05, 0) is 6.92 Å². The van der Waals surface area contributed by atoms with Crippen LogP contribution in [0.5, 0.6) is 0 Å². The Morgan fingerprint density at radius 1 is 1.55 bits per heavy atom. The Morgan fingerprint density at radius 3 is 2.27 bits per heavy atom. The Bertz CT molecular complexity index is 179. The summed E-state index contributed by atoms with van der Waals surface area (Å²) < 4.78 is 4.15. The van der Waals surface area contributed by atoms with Gasteiger partial charge in [0, 0.05) is 25.1 Å². The molecular formula is C6H7ClO3Zn.